The van der Waals surface area contributed by atoms with E-state index in [4.69, 9.17) is 14.0 Å². The van der Waals surface area contributed by atoms with E-state index in [1.807, 2.05) is 13.8 Å². The fourth-order valence-corrected chi connectivity index (χ4v) is 4.67. The molecule has 1 aromatic heterocycles. The molecule has 3 rings (SSSR count). The van der Waals surface area contributed by atoms with E-state index >= 15 is 0 Å². The molecular formula is C19H27N3O5S. The largest absolute Gasteiger partial charge is 0.495 e. The Labute approximate surface area is 165 Å². The number of morpholine rings is 1. The van der Waals surface area contributed by atoms with E-state index in [1.54, 1.807) is 24.3 Å². The molecular weight excluding hydrogens is 382 g/mol. The molecule has 1 aromatic carbocycles. The van der Waals surface area contributed by atoms with Gasteiger partial charge in [-0.15, -0.1) is 0 Å². The summed E-state index contributed by atoms with van der Waals surface area (Å²) in [4.78, 5) is 2.30. The van der Waals surface area contributed by atoms with Crippen LogP contribution in [0.3, 0.4) is 0 Å². The molecule has 0 saturated carbocycles. The van der Waals surface area contributed by atoms with E-state index in [9.17, 15) is 8.42 Å². The predicted molar refractivity (Wildman–Crippen MR) is 105 cm³/mol. The lowest BCUT2D eigenvalue weighted by molar-refractivity contribution is 0.0344. The smallest absolute Gasteiger partial charge is 0.244 e. The molecule has 1 aliphatic rings. The van der Waals surface area contributed by atoms with Crippen LogP contribution in [-0.4, -0.2) is 64.5 Å². The second-order valence-electron chi connectivity index (χ2n) is 6.84. The molecule has 1 fully saturated rings. The number of nitrogens with zero attached hydrogens (tertiary/aromatic N) is 2. The summed E-state index contributed by atoms with van der Waals surface area (Å²) in [6, 6.07) is 6.50. The van der Waals surface area contributed by atoms with Crippen LogP contribution in [0.25, 0.3) is 11.3 Å². The lowest BCUT2D eigenvalue weighted by Crippen LogP contribution is -2.47. The fourth-order valence-electron chi connectivity index (χ4n) is 3.17. The van der Waals surface area contributed by atoms with Gasteiger partial charge in [-0.2, -0.15) is 0 Å². The number of methoxy groups -OCH3 is 1. The zero-order chi connectivity index (χ0) is 20.1. The Morgan fingerprint density at radius 2 is 2.04 bits per heavy atom. The van der Waals surface area contributed by atoms with E-state index < -0.39 is 10.0 Å². The molecule has 0 unspecified atom stereocenters. The Morgan fingerprint density at radius 1 is 1.29 bits per heavy atom. The molecule has 1 N–H and O–H groups in total. The highest BCUT2D eigenvalue weighted by Gasteiger charge is 2.26. The number of aryl methyl sites for hydroxylation is 1. The van der Waals surface area contributed by atoms with Gasteiger partial charge in [0.25, 0.3) is 0 Å². The minimum atomic E-state index is -3.78. The molecule has 9 heteroatoms. The van der Waals surface area contributed by atoms with Crippen LogP contribution in [0.15, 0.2) is 33.7 Å². The van der Waals surface area contributed by atoms with Crippen molar-refractivity contribution < 1.29 is 22.4 Å². The third kappa shape index (κ3) is 4.91. The summed E-state index contributed by atoms with van der Waals surface area (Å²) in [5, 5.41) is 3.87. The van der Waals surface area contributed by atoms with Gasteiger partial charge in [0.2, 0.25) is 10.0 Å². The van der Waals surface area contributed by atoms with Crippen LogP contribution in [0.4, 0.5) is 0 Å². The van der Waals surface area contributed by atoms with Gasteiger partial charge in [0, 0.05) is 37.3 Å². The summed E-state index contributed by atoms with van der Waals surface area (Å²) in [5.74, 6) is 0.797. The molecule has 0 radical (unpaired) electrons. The Hall–Kier alpha value is -1.94. The molecule has 1 atom stereocenters. The van der Waals surface area contributed by atoms with Gasteiger partial charge in [0.05, 0.1) is 26.0 Å². The third-order valence-corrected chi connectivity index (χ3v) is 6.30. The van der Waals surface area contributed by atoms with Gasteiger partial charge < -0.3 is 14.0 Å². The van der Waals surface area contributed by atoms with E-state index in [0.29, 0.717) is 37.5 Å². The molecule has 0 aliphatic carbocycles. The lowest BCUT2D eigenvalue weighted by atomic mass is 10.1. The highest BCUT2D eigenvalue weighted by Crippen LogP contribution is 2.30. The van der Waals surface area contributed by atoms with Crippen LogP contribution < -0.4 is 9.46 Å². The number of aromatic nitrogens is 1. The van der Waals surface area contributed by atoms with Crippen LogP contribution in [-0.2, 0) is 14.8 Å². The number of nitrogens with one attached hydrogen (secondary N) is 1. The molecule has 0 spiro atoms. The average molecular weight is 410 g/mol. The average Bonchev–Trinajstić information content (AvgIpc) is 3.14. The topological polar surface area (TPSA) is 93.9 Å². The number of hydrogen-bond acceptors (Lipinski definition) is 7. The van der Waals surface area contributed by atoms with Crippen LogP contribution in [0, 0.1) is 6.92 Å². The first-order valence-corrected chi connectivity index (χ1v) is 10.9. The van der Waals surface area contributed by atoms with E-state index in [2.05, 4.69) is 14.8 Å². The van der Waals surface area contributed by atoms with Gasteiger partial charge in [0.1, 0.15) is 10.6 Å². The predicted octanol–water partition coefficient (Wildman–Crippen LogP) is 2.05. The van der Waals surface area contributed by atoms with Crippen molar-refractivity contribution in [2.75, 3.05) is 40.0 Å². The Kier molecular flexibility index (Phi) is 6.71. The monoisotopic (exact) mass is 409 g/mol. The maximum atomic E-state index is 13.1. The van der Waals surface area contributed by atoms with Gasteiger partial charge in [0.15, 0.2) is 5.76 Å². The molecule has 2 aromatic rings. The van der Waals surface area contributed by atoms with Crippen molar-refractivity contribution in [1.29, 1.82) is 0 Å². The number of ether oxygens (including phenoxy) is 2. The van der Waals surface area contributed by atoms with Gasteiger partial charge >= 0.3 is 0 Å². The Bertz CT molecular complexity index is 891. The summed E-state index contributed by atoms with van der Waals surface area (Å²) in [6.45, 7) is 7.39. The Balaban J connectivity index is 1.84. The maximum Gasteiger partial charge on any atom is 0.244 e. The molecule has 154 valence electrons. The molecule has 28 heavy (non-hydrogen) atoms. The second kappa shape index (κ2) is 9.04. The lowest BCUT2D eigenvalue weighted by Gasteiger charge is -2.30. The van der Waals surface area contributed by atoms with Crippen molar-refractivity contribution >= 4 is 10.0 Å². The zero-order valence-electron chi connectivity index (χ0n) is 16.5. The van der Waals surface area contributed by atoms with Crippen LogP contribution in [0.2, 0.25) is 0 Å². The first-order valence-electron chi connectivity index (χ1n) is 9.37. The van der Waals surface area contributed by atoms with Gasteiger partial charge in [-0.1, -0.05) is 12.1 Å². The minimum absolute atomic E-state index is 0.0852. The Morgan fingerprint density at radius 3 is 2.64 bits per heavy atom. The minimum Gasteiger partial charge on any atom is -0.495 e. The SMILES string of the molecule is CC[C@H](CN1CCOCC1)NS(=O)(=O)c1cc(-c2cc(C)no2)ccc1OC. The van der Waals surface area contributed by atoms with Crippen molar-refractivity contribution in [2.45, 2.75) is 31.2 Å². The molecule has 0 amide bonds. The fraction of sp³-hybridized carbons (Fsp3) is 0.526. The highest BCUT2D eigenvalue weighted by molar-refractivity contribution is 7.89. The van der Waals surface area contributed by atoms with Crippen molar-refractivity contribution in [3.63, 3.8) is 0 Å². The van der Waals surface area contributed by atoms with E-state index in [1.165, 1.54) is 7.11 Å². The first kappa shape index (κ1) is 20.8. The van der Waals surface area contributed by atoms with Gasteiger partial charge in [-0.05, 0) is 31.5 Å². The van der Waals surface area contributed by atoms with Gasteiger partial charge in [-0.3, -0.25) is 4.90 Å². The first-order chi connectivity index (χ1) is 13.4. The van der Waals surface area contributed by atoms with Crippen LogP contribution in [0.5, 0.6) is 5.75 Å². The van der Waals surface area contributed by atoms with Crippen molar-refractivity contribution in [1.82, 2.24) is 14.8 Å². The van der Waals surface area contributed by atoms with Crippen molar-refractivity contribution in [2.24, 2.45) is 0 Å². The quantitative estimate of drug-likeness (QED) is 0.713. The molecule has 1 saturated heterocycles. The maximum absolute atomic E-state index is 13.1. The zero-order valence-corrected chi connectivity index (χ0v) is 17.3. The number of hydrogen-bond donors (Lipinski definition) is 1. The number of rotatable bonds is 8. The summed E-state index contributed by atoms with van der Waals surface area (Å²) in [7, 11) is -2.33. The van der Waals surface area contributed by atoms with E-state index in [-0.39, 0.29) is 16.7 Å². The summed E-state index contributed by atoms with van der Waals surface area (Å²) >= 11 is 0. The highest BCUT2D eigenvalue weighted by atomic mass is 32.2. The molecule has 2 heterocycles. The normalized spacial score (nSPS) is 16.8. The van der Waals surface area contributed by atoms with Crippen LogP contribution in [0.1, 0.15) is 19.0 Å². The van der Waals surface area contributed by atoms with Crippen LogP contribution >= 0.6 is 0 Å². The second-order valence-corrected chi connectivity index (χ2v) is 8.52. The number of sulfonamides is 1. The van der Waals surface area contributed by atoms with Gasteiger partial charge in [-0.25, -0.2) is 13.1 Å². The number of benzene rings is 1. The third-order valence-electron chi connectivity index (χ3n) is 4.76. The molecule has 0 bridgehead atoms. The van der Waals surface area contributed by atoms with Crippen molar-refractivity contribution in [3.8, 4) is 17.1 Å². The van der Waals surface area contributed by atoms with Crippen molar-refractivity contribution in [3.05, 3.63) is 30.0 Å². The summed E-state index contributed by atoms with van der Waals surface area (Å²) in [6.07, 6.45) is 0.680. The molecule has 1 aliphatic heterocycles. The summed E-state index contributed by atoms with van der Waals surface area (Å²) in [5.41, 5.74) is 1.35. The molecule has 8 nitrogen and oxygen atoms in total. The summed E-state index contributed by atoms with van der Waals surface area (Å²) < 4.78 is 45.0. The standard InChI is InChI=1S/C19H27N3O5S/c1-4-16(13-22-7-9-26-10-8-22)21-28(23,24)19-12-15(5-6-17(19)25-3)18-11-14(2)20-27-18/h5-6,11-12,16,21H,4,7-10,13H2,1-3H3/t16-/m1/s1. The van der Waals surface area contributed by atoms with E-state index in [0.717, 1.165) is 18.8 Å².